The number of para-hydroxylation sites is 1. The van der Waals surface area contributed by atoms with Gasteiger partial charge in [-0.2, -0.15) is 5.10 Å². The third kappa shape index (κ3) is 3.80. The summed E-state index contributed by atoms with van der Waals surface area (Å²) in [5, 5.41) is 6.76. The van der Waals surface area contributed by atoms with Crippen molar-refractivity contribution in [2.24, 2.45) is 0 Å². The average Bonchev–Trinajstić information content (AvgIpc) is 3.42. The number of ether oxygens (including phenoxy) is 1. The molecule has 28 heavy (non-hydrogen) atoms. The Morgan fingerprint density at radius 2 is 1.82 bits per heavy atom. The first-order chi connectivity index (χ1) is 13.7. The highest BCUT2D eigenvalue weighted by molar-refractivity contribution is 7.13. The van der Waals surface area contributed by atoms with Crippen molar-refractivity contribution in [2.45, 2.75) is 0 Å². The molecule has 4 nitrogen and oxygen atoms in total. The quantitative estimate of drug-likeness (QED) is 0.324. The molecule has 0 saturated heterocycles. The van der Waals surface area contributed by atoms with Gasteiger partial charge in [0, 0.05) is 17.3 Å². The van der Waals surface area contributed by atoms with Crippen LogP contribution >= 0.6 is 11.3 Å². The number of aromatic nitrogens is 2. The summed E-state index contributed by atoms with van der Waals surface area (Å²) in [4.78, 5) is 13.6. The number of ketones is 1. The molecule has 0 fully saturated rings. The highest BCUT2D eigenvalue weighted by Crippen LogP contribution is 2.28. The highest BCUT2D eigenvalue weighted by Gasteiger charge is 2.12. The number of hydrogen-bond acceptors (Lipinski definition) is 4. The molecule has 138 valence electrons. The lowest BCUT2D eigenvalue weighted by molar-refractivity contribution is 0.104. The fraction of sp³-hybridized carbons (Fsp3) is 0.0435. The minimum atomic E-state index is -0.0627. The molecule has 0 spiro atoms. The van der Waals surface area contributed by atoms with Crippen molar-refractivity contribution < 1.29 is 9.53 Å². The summed E-state index contributed by atoms with van der Waals surface area (Å²) < 4.78 is 6.98. The van der Waals surface area contributed by atoms with Gasteiger partial charge < -0.3 is 4.74 Å². The molecule has 4 rings (SSSR count). The maximum atomic E-state index is 12.5. The summed E-state index contributed by atoms with van der Waals surface area (Å²) in [7, 11) is 1.60. The molecule has 4 aromatic rings. The second-order valence-electron chi connectivity index (χ2n) is 6.12. The van der Waals surface area contributed by atoms with Crippen molar-refractivity contribution in [1.82, 2.24) is 9.78 Å². The van der Waals surface area contributed by atoms with Crippen LogP contribution in [0.4, 0.5) is 0 Å². The number of carbonyl (C=O) groups excluding carboxylic acids is 1. The van der Waals surface area contributed by atoms with Gasteiger partial charge >= 0.3 is 0 Å². The van der Waals surface area contributed by atoms with Gasteiger partial charge in [-0.05, 0) is 60.0 Å². The fourth-order valence-corrected chi connectivity index (χ4v) is 3.58. The van der Waals surface area contributed by atoms with Gasteiger partial charge in [0.25, 0.3) is 0 Å². The minimum absolute atomic E-state index is 0.0627. The predicted octanol–water partition coefficient (Wildman–Crippen LogP) is 5.51. The van der Waals surface area contributed by atoms with Crippen LogP contribution in [-0.2, 0) is 0 Å². The molecule has 0 aliphatic heterocycles. The standard InChI is InChI=1S/C23H18N2O2S/c1-27-20-12-9-17(10-13-20)21(26)14-11-18-16-25(19-6-3-2-4-7-19)24-23(18)22-8-5-15-28-22/h2-16H,1H3/b14-11+. The van der Waals surface area contributed by atoms with Crippen molar-refractivity contribution >= 4 is 23.2 Å². The molecule has 0 radical (unpaired) electrons. The van der Waals surface area contributed by atoms with E-state index in [1.54, 1.807) is 48.8 Å². The second-order valence-corrected chi connectivity index (χ2v) is 7.06. The van der Waals surface area contributed by atoms with Crippen LogP contribution < -0.4 is 4.74 Å². The normalized spacial score (nSPS) is 11.0. The van der Waals surface area contributed by atoms with E-state index in [0.29, 0.717) is 5.56 Å². The highest BCUT2D eigenvalue weighted by atomic mass is 32.1. The number of allylic oxidation sites excluding steroid dienone is 1. The van der Waals surface area contributed by atoms with Crippen molar-refractivity contribution in [1.29, 1.82) is 0 Å². The molecule has 0 amide bonds. The zero-order chi connectivity index (χ0) is 19.3. The molecule has 0 bridgehead atoms. The van der Waals surface area contributed by atoms with E-state index in [2.05, 4.69) is 0 Å². The third-order valence-electron chi connectivity index (χ3n) is 4.31. The molecular formula is C23H18N2O2S. The molecule has 5 heteroatoms. The molecule has 0 aliphatic carbocycles. The largest absolute Gasteiger partial charge is 0.497 e. The van der Waals surface area contributed by atoms with Crippen LogP contribution in [0.1, 0.15) is 15.9 Å². The van der Waals surface area contributed by atoms with E-state index in [0.717, 1.165) is 27.6 Å². The number of hydrogen-bond donors (Lipinski definition) is 0. The Morgan fingerprint density at radius 3 is 2.50 bits per heavy atom. The molecule has 0 aliphatic rings. The SMILES string of the molecule is COc1ccc(C(=O)/C=C/c2cn(-c3ccccc3)nc2-c2cccs2)cc1. The second kappa shape index (κ2) is 8.06. The maximum absolute atomic E-state index is 12.5. The number of rotatable bonds is 6. The number of nitrogens with zero attached hydrogens (tertiary/aromatic N) is 2. The number of thiophene rings is 1. The van der Waals surface area contributed by atoms with E-state index in [9.17, 15) is 4.79 Å². The van der Waals surface area contributed by atoms with Crippen LogP contribution in [0.5, 0.6) is 5.75 Å². The lowest BCUT2D eigenvalue weighted by Crippen LogP contribution is -1.94. The molecular weight excluding hydrogens is 368 g/mol. The molecule has 0 saturated carbocycles. The summed E-state index contributed by atoms with van der Waals surface area (Å²) in [6.07, 6.45) is 5.36. The third-order valence-corrected chi connectivity index (χ3v) is 5.18. The van der Waals surface area contributed by atoms with Gasteiger partial charge in [0.1, 0.15) is 11.4 Å². The van der Waals surface area contributed by atoms with Gasteiger partial charge in [0.05, 0.1) is 17.7 Å². The van der Waals surface area contributed by atoms with Crippen LogP contribution in [0.15, 0.2) is 84.4 Å². The molecule has 0 unspecified atom stereocenters. The summed E-state index contributed by atoms with van der Waals surface area (Å²) in [6, 6.07) is 21.1. The van der Waals surface area contributed by atoms with E-state index in [1.807, 2.05) is 64.8 Å². The summed E-state index contributed by atoms with van der Waals surface area (Å²) >= 11 is 1.62. The Kier molecular flexibility index (Phi) is 5.17. The first-order valence-electron chi connectivity index (χ1n) is 8.80. The Balaban J connectivity index is 1.66. The summed E-state index contributed by atoms with van der Waals surface area (Å²) in [5.41, 5.74) is 3.34. The van der Waals surface area contributed by atoms with Crippen molar-refractivity contribution in [3.8, 4) is 22.0 Å². The van der Waals surface area contributed by atoms with Crippen LogP contribution in [-0.4, -0.2) is 22.7 Å². The molecule has 0 N–H and O–H groups in total. The Bertz CT molecular complexity index is 1100. The van der Waals surface area contributed by atoms with E-state index in [1.165, 1.54) is 0 Å². The van der Waals surface area contributed by atoms with Gasteiger partial charge in [0.2, 0.25) is 0 Å². The number of carbonyl (C=O) groups is 1. The van der Waals surface area contributed by atoms with Crippen LogP contribution in [0.2, 0.25) is 0 Å². The smallest absolute Gasteiger partial charge is 0.185 e. The Morgan fingerprint density at radius 1 is 1.04 bits per heavy atom. The fourth-order valence-electron chi connectivity index (χ4n) is 2.84. The Labute approximate surface area is 167 Å². The first kappa shape index (κ1) is 17.9. The molecule has 2 heterocycles. The molecule has 0 atom stereocenters. The molecule has 2 aromatic heterocycles. The first-order valence-corrected chi connectivity index (χ1v) is 9.68. The minimum Gasteiger partial charge on any atom is -0.497 e. The van der Waals surface area contributed by atoms with Crippen LogP contribution in [0.3, 0.4) is 0 Å². The van der Waals surface area contributed by atoms with Crippen molar-refractivity contribution in [3.05, 3.63) is 95.5 Å². The van der Waals surface area contributed by atoms with E-state index >= 15 is 0 Å². The van der Waals surface area contributed by atoms with Crippen molar-refractivity contribution in [3.63, 3.8) is 0 Å². The predicted molar refractivity (Wildman–Crippen MR) is 113 cm³/mol. The van der Waals surface area contributed by atoms with E-state index in [-0.39, 0.29) is 5.78 Å². The lowest BCUT2D eigenvalue weighted by atomic mass is 10.1. The average molecular weight is 386 g/mol. The number of methoxy groups -OCH3 is 1. The lowest BCUT2D eigenvalue weighted by Gasteiger charge is -2.00. The van der Waals surface area contributed by atoms with Gasteiger partial charge in [0.15, 0.2) is 5.78 Å². The zero-order valence-electron chi connectivity index (χ0n) is 15.3. The van der Waals surface area contributed by atoms with Crippen LogP contribution in [0.25, 0.3) is 22.3 Å². The van der Waals surface area contributed by atoms with Gasteiger partial charge in [-0.25, -0.2) is 4.68 Å². The topological polar surface area (TPSA) is 44.1 Å². The van der Waals surface area contributed by atoms with E-state index < -0.39 is 0 Å². The van der Waals surface area contributed by atoms with Gasteiger partial charge in [-0.3, -0.25) is 4.79 Å². The van der Waals surface area contributed by atoms with Gasteiger partial charge in [-0.15, -0.1) is 11.3 Å². The monoisotopic (exact) mass is 386 g/mol. The van der Waals surface area contributed by atoms with Crippen LogP contribution in [0, 0.1) is 0 Å². The Hall–Kier alpha value is -3.44. The summed E-state index contributed by atoms with van der Waals surface area (Å²) in [5.74, 6) is 0.664. The zero-order valence-corrected chi connectivity index (χ0v) is 16.1. The number of benzene rings is 2. The van der Waals surface area contributed by atoms with E-state index in [4.69, 9.17) is 9.84 Å². The molecule has 2 aromatic carbocycles. The van der Waals surface area contributed by atoms with Crippen molar-refractivity contribution in [2.75, 3.05) is 7.11 Å². The maximum Gasteiger partial charge on any atom is 0.185 e. The van der Waals surface area contributed by atoms with Gasteiger partial charge in [-0.1, -0.05) is 24.3 Å². The summed E-state index contributed by atoms with van der Waals surface area (Å²) in [6.45, 7) is 0.